The van der Waals surface area contributed by atoms with E-state index >= 15 is 0 Å². The van der Waals surface area contributed by atoms with Gasteiger partial charge in [-0.15, -0.1) is 0 Å². The maximum atomic E-state index is 9.62. The lowest BCUT2D eigenvalue weighted by Gasteiger charge is -2.20. The highest BCUT2D eigenvalue weighted by Crippen LogP contribution is 2.49. The van der Waals surface area contributed by atoms with Crippen molar-refractivity contribution in [2.45, 2.75) is 0 Å². The van der Waals surface area contributed by atoms with Gasteiger partial charge in [0.1, 0.15) is 11.2 Å². The van der Waals surface area contributed by atoms with Crippen molar-refractivity contribution in [2.24, 2.45) is 0 Å². The standard InChI is InChI=1S/C50H30O/c1-3-18-34-31(13-1)15-9-24-36(34)47-38-20-5-7-22-40(38)48(41-23-8-6-21-39(41)47)43-27-11-17-33-16-10-25-37(46(33)43)42-26-12-28-44-50(42)49-35-19-4-2-14-32(35)29-30-45(49)51-44/h1-30H/i5D,6D,7D,8D,20D,21D,22D,23D. The second-order valence-electron chi connectivity index (χ2n) is 12.9. The van der Waals surface area contributed by atoms with Crippen molar-refractivity contribution in [1.82, 2.24) is 0 Å². The van der Waals surface area contributed by atoms with Crippen molar-refractivity contribution in [3.63, 3.8) is 0 Å². The molecule has 0 atom stereocenters. The Labute approximate surface area is 305 Å². The fourth-order valence-electron chi connectivity index (χ4n) is 8.19. The van der Waals surface area contributed by atoms with Gasteiger partial charge in [-0.2, -0.15) is 0 Å². The van der Waals surface area contributed by atoms with Crippen LogP contribution in [-0.4, -0.2) is 0 Å². The van der Waals surface area contributed by atoms with Crippen molar-refractivity contribution >= 4 is 75.8 Å². The third-order valence-corrected chi connectivity index (χ3v) is 10.3. The monoisotopic (exact) mass is 654 g/mol. The van der Waals surface area contributed by atoms with Gasteiger partial charge in [-0.3, -0.25) is 0 Å². The average molecular weight is 655 g/mol. The van der Waals surface area contributed by atoms with Gasteiger partial charge in [0, 0.05) is 10.8 Å². The van der Waals surface area contributed by atoms with Gasteiger partial charge in [-0.25, -0.2) is 0 Å². The molecule has 1 nitrogen and oxygen atoms in total. The molecule has 0 bridgehead atoms. The van der Waals surface area contributed by atoms with Crippen molar-refractivity contribution in [3.05, 3.63) is 182 Å². The summed E-state index contributed by atoms with van der Waals surface area (Å²) in [7, 11) is 0. The van der Waals surface area contributed by atoms with Crippen LogP contribution in [0.4, 0.5) is 0 Å². The van der Waals surface area contributed by atoms with Crippen LogP contribution in [0, 0.1) is 0 Å². The van der Waals surface area contributed by atoms with E-state index in [4.69, 9.17) is 9.90 Å². The largest absolute Gasteiger partial charge is 0.456 e. The van der Waals surface area contributed by atoms with E-state index in [9.17, 15) is 5.48 Å². The average Bonchev–Trinajstić information content (AvgIpc) is 3.67. The van der Waals surface area contributed by atoms with Gasteiger partial charge in [0.15, 0.2) is 0 Å². The van der Waals surface area contributed by atoms with E-state index in [0.717, 1.165) is 59.8 Å². The van der Waals surface area contributed by atoms with Crippen molar-refractivity contribution in [2.75, 3.05) is 0 Å². The van der Waals surface area contributed by atoms with Crippen LogP contribution < -0.4 is 0 Å². The Morgan fingerprint density at radius 3 is 1.47 bits per heavy atom. The summed E-state index contributed by atoms with van der Waals surface area (Å²) >= 11 is 0. The van der Waals surface area contributed by atoms with Crippen LogP contribution in [0.1, 0.15) is 11.0 Å². The molecule has 0 amide bonds. The van der Waals surface area contributed by atoms with E-state index < -0.39 is 24.2 Å². The quantitative estimate of drug-likeness (QED) is 0.173. The molecule has 0 unspecified atom stereocenters. The molecule has 0 fully saturated rings. The summed E-state index contributed by atoms with van der Waals surface area (Å²) in [4.78, 5) is 0. The molecule has 0 saturated carbocycles. The molecule has 1 heterocycles. The van der Waals surface area contributed by atoms with Crippen molar-refractivity contribution in [3.8, 4) is 33.4 Å². The Balaban J connectivity index is 1.39. The van der Waals surface area contributed by atoms with E-state index in [-0.39, 0.29) is 45.7 Å². The molecule has 0 aliphatic heterocycles. The lowest BCUT2D eigenvalue weighted by Crippen LogP contribution is -1.93. The molecule has 236 valence electrons. The summed E-state index contributed by atoms with van der Waals surface area (Å²) in [6.45, 7) is 0. The number of fused-ring (bicyclic) bond motifs is 9. The van der Waals surface area contributed by atoms with E-state index in [1.54, 1.807) is 0 Å². The smallest absolute Gasteiger partial charge is 0.136 e. The Kier molecular flexibility index (Phi) is 4.57. The topological polar surface area (TPSA) is 13.1 Å². The predicted molar refractivity (Wildman–Crippen MR) is 218 cm³/mol. The Morgan fingerprint density at radius 1 is 0.314 bits per heavy atom. The second kappa shape index (κ2) is 10.9. The van der Waals surface area contributed by atoms with Crippen LogP contribution >= 0.6 is 0 Å². The van der Waals surface area contributed by atoms with E-state index in [1.165, 1.54) is 0 Å². The van der Waals surface area contributed by atoms with Gasteiger partial charge < -0.3 is 4.42 Å². The lowest BCUT2D eigenvalue weighted by atomic mass is 9.82. The van der Waals surface area contributed by atoms with Gasteiger partial charge in [-0.05, 0) is 99.4 Å². The number of rotatable bonds is 3. The minimum atomic E-state index is -0.435. The summed E-state index contributed by atoms with van der Waals surface area (Å²) in [5, 5.41) is 8.01. The molecule has 0 aliphatic rings. The summed E-state index contributed by atoms with van der Waals surface area (Å²) in [6.07, 6.45) is 0. The third-order valence-electron chi connectivity index (χ3n) is 10.3. The molecular weight excluding hydrogens is 617 g/mol. The molecule has 0 saturated heterocycles. The van der Waals surface area contributed by atoms with Gasteiger partial charge in [0.25, 0.3) is 0 Å². The van der Waals surface area contributed by atoms with E-state index in [1.807, 2.05) is 109 Å². The van der Waals surface area contributed by atoms with Crippen LogP contribution in [0.2, 0.25) is 0 Å². The van der Waals surface area contributed by atoms with Crippen LogP contribution in [0.3, 0.4) is 0 Å². The number of furan rings is 1. The van der Waals surface area contributed by atoms with Crippen LogP contribution in [0.5, 0.6) is 0 Å². The zero-order chi connectivity index (χ0) is 40.4. The highest BCUT2D eigenvalue weighted by Gasteiger charge is 2.22. The number of benzene rings is 10. The number of hydrogen-bond donors (Lipinski definition) is 0. The fraction of sp³-hybridized carbons (Fsp3) is 0. The first kappa shape index (κ1) is 21.4. The summed E-state index contributed by atoms with van der Waals surface area (Å²) in [6, 6.07) is 40.4. The predicted octanol–water partition coefficient (Wildman–Crippen LogP) is 14.4. The first-order valence-corrected chi connectivity index (χ1v) is 16.9. The molecule has 10 aromatic carbocycles. The van der Waals surface area contributed by atoms with E-state index in [2.05, 4.69) is 24.3 Å². The molecule has 51 heavy (non-hydrogen) atoms. The molecule has 11 aromatic rings. The normalized spacial score (nSPS) is 14.1. The van der Waals surface area contributed by atoms with Crippen molar-refractivity contribution < 1.29 is 15.4 Å². The fourth-order valence-corrected chi connectivity index (χ4v) is 8.19. The van der Waals surface area contributed by atoms with Crippen LogP contribution in [-0.2, 0) is 0 Å². The van der Waals surface area contributed by atoms with Crippen LogP contribution in [0.25, 0.3) is 109 Å². The first-order chi connectivity index (χ1) is 28.7. The Morgan fingerprint density at radius 2 is 0.784 bits per heavy atom. The Bertz CT molecular complexity index is 3570. The molecule has 1 heteroatoms. The van der Waals surface area contributed by atoms with E-state index in [0.29, 0.717) is 27.8 Å². The maximum absolute atomic E-state index is 9.62. The third kappa shape index (κ3) is 4.09. The van der Waals surface area contributed by atoms with Gasteiger partial charge in [0.2, 0.25) is 0 Å². The van der Waals surface area contributed by atoms with Gasteiger partial charge in [-0.1, -0.05) is 170 Å². The SMILES string of the molecule is [2H]c1c([2H])c([2H])c2c(-c3cccc4cccc(-c5cccc6oc7ccc8ccccc8c7c56)c34)c3c([2H])c([2H])c([2H])c([2H])c3c(-c3cccc4ccccc34)c2c1[2H]. The molecule has 11 rings (SSSR count). The number of hydrogen-bond acceptors (Lipinski definition) is 1. The molecule has 1 aromatic heterocycles. The molecule has 0 spiro atoms. The summed E-state index contributed by atoms with van der Waals surface area (Å²) in [5.74, 6) is 0. The zero-order valence-corrected chi connectivity index (χ0v) is 27.1. The van der Waals surface area contributed by atoms with Crippen molar-refractivity contribution in [1.29, 1.82) is 0 Å². The second-order valence-corrected chi connectivity index (χ2v) is 12.9. The maximum Gasteiger partial charge on any atom is 0.136 e. The molecule has 0 radical (unpaired) electrons. The lowest BCUT2D eigenvalue weighted by molar-refractivity contribution is 0.669. The highest BCUT2D eigenvalue weighted by molar-refractivity contribution is 6.28. The first-order valence-electron chi connectivity index (χ1n) is 20.9. The molecular formula is C50H30O. The molecule has 0 N–H and O–H groups in total. The minimum Gasteiger partial charge on any atom is -0.456 e. The van der Waals surface area contributed by atoms with Gasteiger partial charge in [0.05, 0.1) is 11.0 Å². The minimum absolute atomic E-state index is 0.178. The van der Waals surface area contributed by atoms with Gasteiger partial charge >= 0.3 is 0 Å². The highest BCUT2D eigenvalue weighted by atomic mass is 16.3. The summed E-state index contributed by atoms with van der Waals surface area (Å²) < 4.78 is 80.7. The van der Waals surface area contributed by atoms with Crippen LogP contribution in [0.15, 0.2) is 186 Å². The summed E-state index contributed by atoms with van der Waals surface area (Å²) in [5.41, 5.74) is 5.00. The Hall–Kier alpha value is -6.70. The zero-order valence-electron chi connectivity index (χ0n) is 35.1. The molecule has 0 aliphatic carbocycles.